The Hall–Kier alpha value is -1.63. The molecule has 2 aromatic rings. The molecule has 0 aliphatic rings. The van der Waals surface area contributed by atoms with E-state index in [1.165, 1.54) is 28.3 Å². The normalized spacial score (nSPS) is 10.7. The van der Waals surface area contributed by atoms with E-state index in [1.807, 2.05) is 6.07 Å². The summed E-state index contributed by atoms with van der Waals surface area (Å²) in [5, 5.41) is 0. The molecule has 0 heterocycles. The summed E-state index contributed by atoms with van der Waals surface area (Å²) in [6.07, 6.45) is 2.93. The molecule has 0 nitrogen and oxygen atoms in total. The third-order valence-electron chi connectivity index (χ3n) is 3.81. The molecule has 0 atom stereocenters. The molecule has 2 aromatic carbocycles. The first-order valence-corrected chi connectivity index (χ1v) is 6.93. The van der Waals surface area contributed by atoms with Gasteiger partial charge in [0.15, 0.2) is 0 Å². The zero-order chi connectivity index (χ0) is 13.8. The van der Waals surface area contributed by atoms with E-state index in [4.69, 9.17) is 0 Å². The molecule has 100 valence electrons. The predicted octanol–water partition coefficient (Wildman–Crippen LogP) is 4.79. The topological polar surface area (TPSA) is 0 Å². The van der Waals surface area contributed by atoms with E-state index in [2.05, 4.69) is 32.9 Å². The number of hydrogen-bond donors (Lipinski definition) is 0. The zero-order valence-corrected chi connectivity index (χ0v) is 12.0. The summed E-state index contributed by atoms with van der Waals surface area (Å²) < 4.78 is 13.1. The van der Waals surface area contributed by atoms with Crippen LogP contribution in [0, 0.1) is 19.7 Å². The van der Waals surface area contributed by atoms with Crippen LogP contribution in [-0.4, -0.2) is 0 Å². The average molecular weight is 256 g/mol. The molecule has 19 heavy (non-hydrogen) atoms. The van der Waals surface area contributed by atoms with E-state index < -0.39 is 0 Å². The van der Waals surface area contributed by atoms with Gasteiger partial charge in [-0.3, -0.25) is 0 Å². The maximum Gasteiger partial charge on any atom is 0.123 e. The molecule has 0 spiro atoms. The van der Waals surface area contributed by atoms with Crippen molar-refractivity contribution >= 4 is 0 Å². The highest BCUT2D eigenvalue weighted by Gasteiger charge is 2.04. The number of rotatable bonds is 4. The van der Waals surface area contributed by atoms with Crippen LogP contribution < -0.4 is 0 Å². The first-order valence-electron chi connectivity index (χ1n) is 6.93. The lowest BCUT2D eigenvalue weighted by Gasteiger charge is -2.11. The minimum absolute atomic E-state index is 0.146. The fourth-order valence-electron chi connectivity index (χ4n) is 2.51. The highest BCUT2D eigenvalue weighted by atomic mass is 19.1. The molecule has 0 unspecified atom stereocenters. The van der Waals surface area contributed by atoms with Crippen LogP contribution in [-0.2, 0) is 19.3 Å². The minimum Gasteiger partial charge on any atom is -0.207 e. The summed E-state index contributed by atoms with van der Waals surface area (Å²) in [5.41, 5.74) is 6.60. The fourth-order valence-corrected chi connectivity index (χ4v) is 2.51. The van der Waals surface area contributed by atoms with Crippen molar-refractivity contribution in [1.82, 2.24) is 0 Å². The summed E-state index contributed by atoms with van der Waals surface area (Å²) in [7, 11) is 0. The summed E-state index contributed by atoms with van der Waals surface area (Å²) in [5.74, 6) is -0.146. The van der Waals surface area contributed by atoms with Crippen molar-refractivity contribution in [3.63, 3.8) is 0 Å². The Bertz CT molecular complexity index is 570. The van der Waals surface area contributed by atoms with Crippen LogP contribution >= 0.6 is 0 Å². The summed E-state index contributed by atoms with van der Waals surface area (Å²) >= 11 is 0. The van der Waals surface area contributed by atoms with Gasteiger partial charge in [-0.05, 0) is 73.1 Å². The second-order valence-electron chi connectivity index (χ2n) is 5.18. The van der Waals surface area contributed by atoms with Gasteiger partial charge in [-0.15, -0.1) is 0 Å². The van der Waals surface area contributed by atoms with Gasteiger partial charge in [-0.2, -0.15) is 0 Å². The van der Waals surface area contributed by atoms with E-state index in [9.17, 15) is 4.39 Å². The third-order valence-corrected chi connectivity index (χ3v) is 3.81. The number of aryl methyl sites for hydroxylation is 4. The number of benzene rings is 2. The Morgan fingerprint density at radius 2 is 1.68 bits per heavy atom. The molecule has 0 aromatic heterocycles. The zero-order valence-electron chi connectivity index (χ0n) is 12.0. The molecular weight excluding hydrogens is 235 g/mol. The molecule has 0 aliphatic heterocycles. The Labute approximate surface area is 115 Å². The smallest absolute Gasteiger partial charge is 0.123 e. The molecule has 0 saturated heterocycles. The molecule has 0 saturated carbocycles. The van der Waals surface area contributed by atoms with Gasteiger partial charge in [-0.1, -0.05) is 31.2 Å². The molecule has 2 rings (SSSR count). The number of hydrogen-bond acceptors (Lipinski definition) is 0. The quantitative estimate of drug-likeness (QED) is 0.737. The second kappa shape index (κ2) is 6.01. The van der Waals surface area contributed by atoms with E-state index >= 15 is 0 Å². The van der Waals surface area contributed by atoms with Crippen molar-refractivity contribution in [3.05, 3.63) is 70.0 Å². The monoisotopic (exact) mass is 256 g/mol. The molecule has 0 fully saturated rings. The predicted molar refractivity (Wildman–Crippen MR) is 79.1 cm³/mol. The summed E-state index contributed by atoms with van der Waals surface area (Å²) in [6.45, 7) is 6.54. The average Bonchev–Trinajstić information content (AvgIpc) is 2.40. The summed E-state index contributed by atoms with van der Waals surface area (Å²) in [4.78, 5) is 0. The van der Waals surface area contributed by atoms with Crippen LogP contribution in [0.25, 0.3) is 0 Å². The van der Waals surface area contributed by atoms with Gasteiger partial charge in [0.05, 0.1) is 0 Å². The van der Waals surface area contributed by atoms with Crippen molar-refractivity contribution in [2.24, 2.45) is 0 Å². The van der Waals surface area contributed by atoms with Crippen LogP contribution in [0.5, 0.6) is 0 Å². The Morgan fingerprint density at radius 1 is 0.947 bits per heavy atom. The van der Waals surface area contributed by atoms with Crippen molar-refractivity contribution in [3.8, 4) is 0 Å². The van der Waals surface area contributed by atoms with Crippen LogP contribution in [0.15, 0.2) is 36.4 Å². The maximum atomic E-state index is 13.1. The van der Waals surface area contributed by atoms with Crippen LogP contribution in [0.1, 0.15) is 34.7 Å². The van der Waals surface area contributed by atoms with E-state index in [1.54, 1.807) is 12.1 Å². The third kappa shape index (κ3) is 3.44. The SMILES string of the molecule is CCc1cc(CCc2cccc(F)c2)cc(C)c1C. The minimum atomic E-state index is -0.146. The van der Waals surface area contributed by atoms with Crippen molar-refractivity contribution < 1.29 is 4.39 Å². The molecule has 0 bridgehead atoms. The summed E-state index contributed by atoms with van der Waals surface area (Å²) in [6, 6.07) is 11.4. The van der Waals surface area contributed by atoms with Gasteiger partial charge in [0.2, 0.25) is 0 Å². The Balaban J connectivity index is 2.13. The first-order chi connectivity index (χ1) is 9.10. The first kappa shape index (κ1) is 13.8. The van der Waals surface area contributed by atoms with Gasteiger partial charge in [0, 0.05) is 0 Å². The molecular formula is C18H21F. The molecule has 0 aliphatic carbocycles. The lowest BCUT2D eigenvalue weighted by Crippen LogP contribution is -1.97. The Morgan fingerprint density at radius 3 is 2.37 bits per heavy atom. The van der Waals surface area contributed by atoms with Gasteiger partial charge in [-0.25, -0.2) is 4.39 Å². The Kier molecular flexibility index (Phi) is 4.36. The van der Waals surface area contributed by atoms with Gasteiger partial charge < -0.3 is 0 Å². The molecule has 0 N–H and O–H groups in total. The van der Waals surface area contributed by atoms with E-state index in [-0.39, 0.29) is 5.82 Å². The van der Waals surface area contributed by atoms with Crippen molar-refractivity contribution in [2.45, 2.75) is 40.0 Å². The maximum absolute atomic E-state index is 13.1. The molecule has 0 amide bonds. The van der Waals surface area contributed by atoms with Crippen LogP contribution in [0.2, 0.25) is 0 Å². The highest BCUT2D eigenvalue weighted by Crippen LogP contribution is 2.18. The van der Waals surface area contributed by atoms with Crippen LogP contribution in [0.3, 0.4) is 0 Å². The van der Waals surface area contributed by atoms with Gasteiger partial charge in [0.25, 0.3) is 0 Å². The van der Waals surface area contributed by atoms with Crippen molar-refractivity contribution in [1.29, 1.82) is 0 Å². The fraction of sp³-hybridized carbons (Fsp3) is 0.333. The molecule has 0 radical (unpaired) electrons. The van der Waals surface area contributed by atoms with E-state index in [0.29, 0.717) is 0 Å². The van der Waals surface area contributed by atoms with Crippen molar-refractivity contribution in [2.75, 3.05) is 0 Å². The highest BCUT2D eigenvalue weighted by molar-refractivity contribution is 5.38. The lowest BCUT2D eigenvalue weighted by molar-refractivity contribution is 0.625. The van der Waals surface area contributed by atoms with Gasteiger partial charge in [0.1, 0.15) is 5.82 Å². The largest absolute Gasteiger partial charge is 0.207 e. The standard InChI is InChI=1S/C18H21F/c1-4-17-11-16(10-13(2)14(17)3)9-8-15-6-5-7-18(19)12-15/h5-7,10-12H,4,8-9H2,1-3H3. The second-order valence-corrected chi connectivity index (χ2v) is 5.18. The lowest BCUT2D eigenvalue weighted by atomic mass is 9.95. The van der Waals surface area contributed by atoms with Gasteiger partial charge >= 0.3 is 0 Å². The molecule has 1 heteroatoms. The van der Waals surface area contributed by atoms with Crippen LogP contribution in [0.4, 0.5) is 4.39 Å². The van der Waals surface area contributed by atoms with E-state index in [0.717, 1.165) is 24.8 Å². The number of halogens is 1.